The second kappa shape index (κ2) is 9.83. The second-order valence-electron chi connectivity index (χ2n) is 6.91. The van der Waals surface area contributed by atoms with E-state index in [0.717, 1.165) is 12.1 Å². The normalized spacial score (nSPS) is 19.5. The largest absolute Gasteiger partial charge is 0.338 e. The summed E-state index contributed by atoms with van der Waals surface area (Å²) in [6.45, 7) is 4.81. The summed E-state index contributed by atoms with van der Waals surface area (Å²) in [5, 5.41) is 0. The molecule has 1 aliphatic heterocycles. The topological polar surface area (TPSA) is 49.6 Å². The number of halogens is 2. The fourth-order valence-corrected chi connectivity index (χ4v) is 3.62. The number of carbonyl (C=O) groups is 1. The molecule has 0 aromatic heterocycles. The first kappa shape index (κ1) is 21.4. The van der Waals surface area contributed by atoms with Gasteiger partial charge in [-0.2, -0.15) is 0 Å². The minimum atomic E-state index is -0.276. The zero-order valence-electron chi connectivity index (χ0n) is 15.6. The molecule has 0 aliphatic carbocycles. The van der Waals surface area contributed by atoms with Gasteiger partial charge in [0.1, 0.15) is 5.82 Å². The van der Waals surface area contributed by atoms with E-state index in [1.54, 1.807) is 11.0 Å². The van der Waals surface area contributed by atoms with E-state index in [4.69, 9.17) is 5.73 Å². The third-order valence-electron chi connectivity index (χ3n) is 5.02. The lowest BCUT2D eigenvalue weighted by Crippen LogP contribution is -2.40. The average Bonchev–Trinajstić information content (AvgIpc) is 3.00. The third kappa shape index (κ3) is 5.51. The van der Waals surface area contributed by atoms with Crippen molar-refractivity contribution in [2.24, 2.45) is 5.73 Å². The Morgan fingerprint density at radius 3 is 2.59 bits per heavy atom. The van der Waals surface area contributed by atoms with E-state index in [0.29, 0.717) is 26.2 Å². The Labute approximate surface area is 166 Å². The molecule has 1 aliphatic rings. The van der Waals surface area contributed by atoms with Gasteiger partial charge < -0.3 is 10.6 Å². The number of amides is 1. The number of hydrogen-bond donors (Lipinski definition) is 1. The van der Waals surface area contributed by atoms with Crippen LogP contribution in [0.15, 0.2) is 54.6 Å². The number of benzene rings is 2. The molecule has 2 aromatic carbocycles. The number of nitrogens with two attached hydrogens (primary N) is 1. The van der Waals surface area contributed by atoms with Crippen LogP contribution in [-0.2, 0) is 11.3 Å². The first-order valence-corrected chi connectivity index (χ1v) is 9.12. The van der Waals surface area contributed by atoms with Crippen molar-refractivity contribution in [2.45, 2.75) is 25.4 Å². The highest BCUT2D eigenvalue weighted by atomic mass is 35.5. The lowest BCUT2D eigenvalue weighted by atomic mass is 9.95. The van der Waals surface area contributed by atoms with Crippen LogP contribution in [0.25, 0.3) is 0 Å². The highest BCUT2D eigenvalue weighted by molar-refractivity contribution is 5.85. The van der Waals surface area contributed by atoms with Gasteiger partial charge in [-0.05, 0) is 30.2 Å². The maximum Gasteiger partial charge on any atom is 0.237 e. The predicted octanol–water partition coefficient (Wildman–Crippen LogP) is 3.02. The van der Waals surface area contributed by atoms with Crippen molar-refractivity contribution in [2.75, 3.05) is 26.2 Å². The summed E-state index contributed by atoms with van der Waals surface area (Å²) in [5.41, 5.74) is 8.35. The van der Waals surface area contributed by atoms with Crippen LogP contribution >= 0.6 is 12.4 Å². The second-order valence-corrected chi connectivity index (χ2v) is 6.91. The van der Waals surface area contributed by atoms with Crippen molar-refractivity contribution < 1.29 is 9.18 Å². The fraction of sp³-hybridized carbons (Fsp3) is 0.381. The smallest absolute Gasteiger partial charge is 0.237 e. The van der Waals surface area contributed by atoms with Crippen molar-refractivity contribution in [1.29, 1.82) is 0 Å². The standard InChI is InChI=1S/C21H26FN3O.ClH/c1-2-25(12-16-7-6-10-18(22)11-16)21(26)15-24-13-19(20(23)14-24)17-8-4-3-5-9-17;/h3-11,19-20H,2,12-15,23H2,1H3;1H/t19-,20+;/m0./s1. The van der Waals surface area contributed by atoms with Crippen LogP contribution in [0.5, 0.6) is 0 Å². The fourth-order valence-electron chi connectivity index (χ4n) is 3.62. The molecule has 3 rings (SSSR count). The van der Waals surface area contributed by atoms with Crippen molar-refractivity contribution in [3.63, 3.8) is 0 Å². The summed E-state index contributed by atoms with van der Waals surface area (Å²) in [6, 6.07) is 16.7. The van der Waals surface area contributed by atoms with Gasteiger partial charge in [-0.3, -0.25) is 9.69 Å². The minimum Gasteiger partial charge on any atom is -0.338 e. The number of likely N-dealkylation sites (N-methyl/N-ethyl adjacent to an activating group) is 1. The zero-order chi connectivity index (χ0) is 18.5. The molecule has 4 nitrogen and oxygen atoms in total. The molecule has 27 heavy (non-hydrogen) atoms. The Hall–Kier alpha value is -1.95. The molecule has 0 spiro atoms. The van der Waals surface area contributed by atoms with Gasteiger partial charge in [0.2, 0.25) is 5.91 Å². The van der Waals surface area contributed by atoms with Crippen molar-refractivity contribution >= 4 is 18.3 Å². The van der Waals surface area contributed by atoms with E-state index < -0.39 is 0 Å². The van der Waals surface area contributed by atoms with Crippen LogP contribution in [0.2, 0.25) is 0 Å². The summed E-state index contributed by atoms with van der Waals surface area (Å²) in [4.78, 5) is 16.6. The van der Waals surface area contributed by atoms with E-state index in [2.05, 4.69) is 17.0 Å². The Morgan fingerprint density at radius 2 is 1.93 bits per heavy atom. The Kier molecular flexibility index (Phi) is 7.78. The third-order valence-corrected chi connectivity index (χ3v) is 5.02. The molecular formula is C21H27ClFN3O. The Bertz CT molecular complexity index is 743. The molecule has 6 heteroatoms. The Balaban J connectivity index is 0.00000261. The van der Waals surface area contributed by atoms with Crippen LogP contribution < -0.4 is 5.73 Å². The van der Waals surface area contributed by atoms with Gasteiger partial charge in [0, 0.05) is 38.1 Å². The van der Waals surface area contributed by atoms with Gasteiger partial charge in [-0.1, -0.05) is 42.5 Å². The molecule has 1 amide bonds. The van der Waals surface area contributed by atoms with Gasteiger partial charge in [-0.15, -0.1) is 12.4 Å². The first-order chi connectivity index (χ1) is 12.6. The molecular weight excluding hydrogens is 365 g/mol. The average molecular weight is 392 g/mol. The highest BCUT2D eigenvalue weighted by Gasteiger charge is 2.32. The van der Waals surface area contributed by atoms with E-state index in [1.807, 2.05) is 31.2 Å². The number of likely N-dealkylation sites (tertiary alicyclic amines) is 1. The molecule has 0 saturated carbocycles. The summed E-state index contributed by atoms with van der Waals surface area (Å²) in [6.07, 6.45) is 0. The number of nitrogens with zero attached hydrogens (tertiary/aromatic N) is 2. The van der Waals surface area contributed by atoms with Gasteiger partial charge in [0.15, 0.2) is 0 Å². The van der Waals surface area contributed by atoms with E-state index >= 15 is 0 Å². The van der Waals surface area contributed by atoms with Crippen molar-refractivity contribution in [1.82, 2.24) is 9.80 Å². The Morgan fingerprint density at radius 1 is 1.19 bits per heavy atom. The summed E-state index contributed by atoms with van der Waals surface area (Å²) >= 11 is 0. The molecule has 0 unspecified atom stereocenters. The summed E-state index contributed by atoms with van der Waals surface area (Å²) in [7, 11) is 0. The summed E-state index contributed by atoms with van der Waals surface area (Å²) in [5.74, 6) is 0.0298. The molecule has 2 N–H and O–H groups in total. The number of rotatable bonds is 6. The van der Waals surface area contributed by atoms with Gasteiger partial charge in [-0.25, -0.2) is 4.39 Å². The maximum absolute atomic E-state index is 13.4. The molecule has 2 aromatic rings. The van der Waals surface area contributed by atoms with E-state index in [1.165, 1.54) is 17.7 Å². The molecule has 2 atom stereocenters. The number of hydrogen-bond acceptors (Lipinski definition) is 3. The molecule has 1 saturated heterocycles. The zero-order valence-corrected chi connectivity index (χ0v) is 16.4. The van der Waals surface area contributed by atoms with E-state index in [9.17, 15) is 9.18 Å². The highest BCUT2D eigenvalue weighted by Crippen LogP contribution is 2.26. The van der Waals surface area contributed by atoms with Crippen LogP contribution in [0.4, 0.5) is 4.39 Å². The van der Waals surface area contributed by atoms with Crippen molar-refractivity contribution in [3.8, 4) is 0 Å². The SMILES string of the molecule is CCN(Cc1cccc(F)c1)C(=O)CN1C[C@@H](N)[C@H](c2ccccc2)C1.Cl. The van der Waals surface area contributed by atoms with Crippen LogP contribution in [0.1, 0.15) is 24.0 Å². The molecule has 1 heterocycles. The first-order valence-electron chi connectivity index (χ1n) is 9.12. The lowest BCUT2D eigenvalue weighted by Gasteiger charge is -2.24. The number of carbonyl (C=O) groups excluding carboxylic acids is 1. The minimum absolute atomic E-state index is 0. The van der Waals surface area contributed by atoms with Gasteiger partial charge in [0.25, 0.3) is 0 Å². The molecule has 0 bridgehead atoms. The lowest BCUT2D eigenvalue weighted by molar-refractivity contribution is -0.132. The van der Waals surface area contributed by atoms with Crippen LogP contribution in [0, 0.1) is 5.82 Å². The monoisotopic (exact) mass is 391 g/mol. The van der Waals surface area contributed by atoms with Crippen LogP contribution in [0.3, 0.4) is 0 Å². The van der Waals surface area contributed by atoms with Gasteiger partial charge >= 0.3 is 0 Å². The van der Waals surface area contributed by atoms with E-state index in [-0.39, 0.29) is 36.1 Å². The maximum atomic E-state index is 13.4. The van der Waals surface area contributed by atoms with Crippen LogP contribution in [-0.4, -0.2) is 47.9 Å². The van der Waals surface area contributed by atoms with Crippen molar-refractivity contribution in [3.05, 3.63) is 71.5 Å². The molecule has 146 valence electrons. The molecule has 0 radical (unpaired) electrons. The predicted molar refractivity (Wildman–Crippen MR) is 108 cm³/mol. The van der Waals surface area contributed by atoms with Gasteiger partial charge in [0.05, 0.1) is 6.54 Å². The molecule has 1 fully saturated rings. The quantitative estimate of drug-likeness (QED) is 0.823. The summed E-state index contributed by atoms with van der Waals surface area (Å²) < 4.78 is 13.4.